The Hall–Kier alpha value is -3.85. The fraction of sp³-hybridized carbons (Fsp3) is 0.355. The van der Waals surface area contributed by atoms with Gasteiger partial charge in [0.25, 0.3) is 0 Å². The van der Waals surface area contributed by atoms with Crippen molar-refractivity contribution in [2.45, 2.75) is 52.7 Å². The molecule has 3 aromatic rings. The van der Waals surface area contributed by atoms with Gasteiger partial charge >= 0.3 is 0 Å². The second-order valence-electron chi connectivity index (χ2n) is 10.3. The van der Waals surface area contributed by atoms with Crippen LogP contribution in [0.25, 0.3) is 0 Å². The van der Waals surface area contributed by atoms with Gasteiger partial charge in [0.15, 0.2) is 0 Å². The predicted molar refractivity (Wildman–Crippen MR) is 159 cm³/mol. The van der Waals surface area contributed by atoms with Crippen LogP contribution in [0.1, 0.15) is 36.1 Å². The molecule has 0 aromatic heterocycles. The molecule has 0 unspecified atom stereocenters. The third-order valence-corrected chi connectivity index (χ3v) is 7.55. The minimum Gasteiger partial charge on any atom is -0.495 e. The molecule has 0 aliphatic carbocycles. The van der Waals surface area contributed by atoms with E-state index < -0.39 is 28.5 Å². The van der Waals surface area contributed by atoms with Gasteiger partial charge in [-0.05, 0) is 56.5 Å². The van der Waals surface area contributed by atoms with Crippen LogP contribution in [0.4, 0.5) is 5.69 Å². The largest absolute Gasteiger partial charge is 0.495 e. The molecule has 3 aromatic carbocycles. The van der Waals surface area contributed by atoms with Crippen LogP contribution < -0.4 is 14.4 Å². The minimum atomic E-state index is -3.89. The number of amides is 2. The highest BCUT2D eigenvalue weighted by Gasteiger charge is 2.34. The number of ether oxygens (including phenoxy) is 1. The third-order valence-electron chi connectivity index (χ3n) is 6.42. The quantitative estimate of drug-likeness (QED) is 0.354. The zero-order valence-corrected chi connectivity index (χ0v) is 24.9. The molecule has 0 heterocycles. The maximum atomic E-state index is 14.2. The number of sulfonamides is 1. The number of hydrogen-bond acceptors (Lipinski definition) is 5. The maximum absolute atomic E-state index is 14.2. The molecule has 1 N–H and O–H groups in total. The second kappa shape index (κ2) is 13.5. The Morgan fingerprint density at radius 3 is 2.15 bits per heavy atom. The van der Waals surface area contributed by atoms with Crippen LogP contribution in [0.15, 0.2) is 72.8 Å². The summed E-state index contributed by atoms with van der Waals surface area (Å²) >= 11 is 0. The molecule has 0 spiro atoms. The lowest BCUT2D eigenvalue weighted by Crippen LogP contribution is -2.54. The lowest BCUT2D eigenvalue weighted by atomic mass is 10.0. The van der Waals surface area contributed by atoms with Gasteiger partial charge in [0, 0.05) is 19.0 Å². The molecule has 0 fully saturated rings. The lowest BCUT2D eigenvalue weighted by molar-refractivity contribution is -0.140. The van der Waals surface area contributed by atoms with Crippen LogP contribution in [0.5, 0.6) is 5.75 Å². The standard InChI is InChI=1S/C31H39N3O5S/c1-22(2)32-31(36)28(19-25-12-8-7-9-13-25)33(20-26-14-10-11-23(3)17-26)30(35)21-34(40(6,37)38)27-18-24(4)15-16-29(27)39-5/h7-18,22,28H,19-21H2,1-6H3,(H,32,36)/t28-/m0/s1. The highest BCUT2D eigenvalue weighted by molar-refractivity contribution is 7.92. The van der Waals surface area contributed by atoms with Crippen LogP contribution in [0, 0.1) is 13.8 Å². The summed E-state index contributed by atoms with van der Waals surface area (Å²) in [6.45, 7) is 7.15. The van der Waals surface area contributed by atoms with Gasteiger partial charge in [-0.2, -0.15) is 0 Å². The van der Waals surface area contributed by atoms with Crippen LogP contribution in [-0.4, -0.2) is 57.1 Å². The number of rotatable bonds is 12. The van der Waals surface area contributed by atoms with Gasteiger partial charge < -0.3 is 15.0 Å². The molecular formula is C31H39N3O5S. The first kappa shape index (κ1) is 30.7. The number of anilines is 1. The molecule has 1 atom stereocenters. The monoisotopic (exact) mass is 565 g/mol. The van der Waals surface area contributed by atoms with Gasteiger partial charge in [-0.15, -0.1) is 0 Å². The molecule has 0 saturated heterocycles. The van der Waals surface area contributed by atoms with Gasteiger partial charge in [-0.25, -0.2) is 8.42 Å². The minimum absolute atomic E-state index is 0.131. The first-order valence-corrected chi connectivity index (χ1v) is 15.1. The Labute approximate surface area is 238 Å². The van der Waals surface area contributed by atoms with E-state index in [1.807, 2.05) is 82.3 Å². The fourth-order valence-electron chi connectivity index (χ4n) is 4.53. The van der Waals surface area contributed by atoms with Crippen LogP contribution in [0.3, 0.4) is 0 Å². The van der Waals surface area contributed by atoms with Crippen molar-refractivity contribution in [1.29, 1.82) is 0 Å². The van der Waals surface area contributed by atoms with Crippen molar-refractivity contribution < 1.29 is 22.7 Å². The number of nitrogens with one attached hydrogen (secondary N) is 1. The molecule has 0 radical (unpaired) electrons. The maximum Gasteiger partial charge on any atom is 0.244 e. The smallest absolute Gasteiger partial charge is 0.244 e. The lowest BCUT2D eigenvalue weighted by Gasteiger charge is -2.34. The number of aryl methyl sites for hydroxylation is 2. The Morgan fingerprint density at radius 2 is 1.55 bits per heavy atom. The average molecular weight is 566 g/mol. The molecule has 0 bridgehead atoms. The molecule has 0 aliphatic heterocycles. The van der Waals surface area contributed by atoms with Crippen LogP contribution >= 0.6 is 0 Å². The number of methoxy groups -OCH3 is 1. The van der Waals surface area contributed by atoms with Crippen LogP contribution in [-0.2, 0) is 32.6 Å². The normalized spacial score (nSPS) is 12.1. The van der Waals surface area contributed by atoms with E-state index >= 15 is 0 Å². The molecule has 40 heavy (non-hydrogen) atoms. The SMILES string of the molecule is COc1ccc(C)cc1N(CC(=O)N(Cc1cccc(C)c1)[C@@H](Cc1ccccc1)C(=O)NC(C)C)S(C)(=O)=O. The van der Waals surface area contributed by atoms with Crippen molar-refractivity contribution in [2.24, 2.45) is 0 Å². The van der Waals surface area contributed by atoms with Gasteiger partial charge in [0.1, 0.15) is 18.3 Å². The number of benzene rings is 3. The van der Waals surface area contributed by atoms with Gasteiger partial charge in [-0.3, -0.25) is 13.9 Å². The van der Waals surface area contributed by atoms with Crippen molar-refractivity contribution in [3.05, 3.63) is 95.1 Å². The van der Waals surface area contributed by atoms with Crippen LogP contribution in [0.2, 0.25) is 0 Å². The Morgan fingerprint density at radius 1 is 0.900 bits per heavy atom. The van der Waals surface area contributed by atoms with E-state index in [0.717, 1.165) is 32.8 Å². The Bertz CT molecular complexity index is 1420. The first-order valence-electron chi connectivity index (χ1n) is 13.2. The van der Waals surface area contributed by atoms with Crippen molar-refractivity contribution >= 4 is 27.5 Å². The number of carbonyl (C=O) groups is 2. The zero-order chi connectivity index (χ0) is 29.4. The summed E-state index contributed by atoms with van der Waals surface area (Å²) in [5.41, 5.74) is 3.81. The third kappa shape index (κ3) is 8.32. The first-order chi connectivity index (χ1) is 18.9. The van der Waals surface area contributed by atoms with Gasteiger partial charge in [-0.1, -0.05) is 66.2 Å². The van der Waals surface area contributed by atoms with Gasteiger partial charge in [0.05, 0.1) is 19.1 Å². The number of hydrogen-bond donors (Lipinski definition) is 1. The summed E-state index contributed by atoms with van der Waals surface area (Å²) in [6.07, 6.45) is 1.32. The number of carbonyl (C=O) groups excluding carboxylic acids is 2. The molecule has 0 saturated carbocycles. The van der Waals surface area contributed by atoms with E-state index in [4.69, 9.17) is 4.74 Å². The number of nitrogens with zero attached hydrogens (tertiary/aromatic N) is 2. The Balaban J connectivity index is 2.10. The fourth-order valence-corrected chi connectivity index (χ4v) is 5.38. The molecule has 8 nitrogen and oxygen atoms in total. The van der Waals surface area contributed by atoms with E-state index in [9.17, 15) is 18.0 Å². The van der Waals surface area contributed by atoms with E-state index in [1.54, 1.807) is 18.2 Å². The predicted octanol–water partition coefficient (Wildman–Crippen LogP) is 4.24. The van der Waals surface area contributed by atoms with E-state index in [2.05, 4.69) is 5.32 Å². The average Bonchev–Trinajstić information content (AvgIpc) is 2.88. The van der Waals surface area contributed by atoms with Gasteiger partial charge in [0.2, 0.25) is 21.8 Å². The van der Waals surface area contributed by atoms with Crippen molar-refractivity contribution in [3.63, 3.8) is 0 Å². The highest BCUT2D eigenvalue weighted by Crippen LogP contribution is 2.31. The highest BCUT2D eigenvalue weighted by atomic mass is 32.2. The summed E-state index contributed by atoms with van der Waals surface area (Å²) in [6, 6.07) is 21.3. The van der Waals surface area contributed by atoms with Crippen molar-refractivity contribution in [1.82, 2.24) is 10.2 Å². The second-order valence-corrected chi connectivity index (χ2v) is 12.2. The Kier molecular flexibility index (Phi) is 10.3. The zero-order valence-electron chi connectivity index (χ0n) is 24.0. The summed E-state index contributed by atoms with van der Waals surface area (Å²) < 4.78 is 32.6. The molecule has 3 rings (SSSR count). The molecule has 0 aliphatic rings. The van der Waals surface area contributed by atoms with Crippen molar-refractivity contribution in [3.8, 4) is 5.75 Å². The van der Waals surface area contributed by atoms with E-state index in [0.29, 0.717) is 5.75 Å². The summed E-state index contributed by atoms with van der Waals surface area (Å²) in [5.74, 6) is -0.485. The topological polar surface area (TPSA) is 96.0 Å². The summed E-state index contributed by atoms with van der Waals surface area (Å²) in [4.78, 5) is 29.3. The summed E-state index contributed by atoms with van der Waals surface area (Å²) in [7, 11) is -2.44. The molecular weight excluding hydrogens is 526 g/mol. The van der Waals surface area contributed by atoms with E-state index in [-0.39, 0.29) is 30.6 Å². The van der Waals surface area contributed by atoms with E-state index in [1.165, 1.54) is 12.0 Å². The van der Waals surface area contributed by atoms with Crippen molar-refractivity contribution in [2.75, 3.05) is 24.2 Å². The molecule has 9 heteroatoms. The molecule has 2 amide bonds. The molecule has 214 valence electrons. The summed E-state index contributed by atoms with van der Waals surface area (Å²) in [5, 5.41) is 2.95.